The van der Waals surface area contributed by atoms with Crippen LogP contribution in [-0.4, -0.2) is 28.9 Å². The maximum absolute atomic E-state index is 7.49. The van der Waals surface area contributed by atoms with Crippen LogP contribution in [0.4, 0.5) is 5.95 Å². The molecule has 2 rings (SSSR count). The van der Waals surface area contributed by atoms with Crippen LogP contribution >= 0.6 is 0 Å². The predicted octanol–water partition coefficient (Wildman–Crippen LogP) is 1.70. The summed E-state index contributed by atoms with van der Waals surface area (Å²) < 4.78 is 0. The van der Waals surface area contributed by atoms with Gasteiger partial charge in [0, 0.05) is 18.8 Å². The van der Waals surface area contributed by atoms with Gasteiger partial charge in [0.05, 0.1) is 0 Å². The molecule has 0 bridgehead atoms. The van der Waals surface area contributed by atoms with Crippen molar-refractivity contribution in [3.8, 4) is 0 Å². The lowest BCUT2D eigenvalue weighted by Gasteiger charge is -2.32. The number of aryl methyl sites for hydroxylation is 1. The normalized spacial score (nSPS) is 19.9. The van der Waals surface area contributed by atoms with Crippen LogP contribution in [0.15, 0.2) is 6.07 Å². The van der Waals surface area contributed by atoms with Gasteiger partial charge in [0.25, 0.3) is 0 Å². The van der Waals surface area contributed by atoms with Crippen LogP contribution in [-0.2, 0) is 0 Å². The Labute approximate surface area is 108 Å². The van der Waals surface area contributed by atoms with Crippen molar-refractivity contribution in [1.29, 1.82) is 5.41 Å². The molecule has 1 saturated heterocycles. The molecule has 1 aromatic rings. The first kappa shape index (κ1) is 12.8. The monoisotopic (exact) mass is 247 g/mol. The van der Waals surface area contributed by atoms with Crippen molar-refractivity contribution in [2.24, 2.45) is 11.7 Å². The van der Waals surface area contributed by atoms with Crippen LogP contribution in [0.3, 0.4) is 0 Å². The zero-order valence-electron chi connectivity index (χ0n) is 11.1. The number of piperidine rings is 1. The van der Waals surface area contributed by atoms with E-state index in [1.54, 1.807) is 6.07 Å². The molecule has 3 N–H and O–H groups in total. The predicted molar refractivity (Wildman–Crippen MR) is 73.0 cm³/mol. The van der Waals surface area contributed by atoms with Gasteiger partial charge in [0.2, 0.25) is 5.95 Å². The second kappa shape index (κ2) is 5.33. The number of hydrogen-bond acceptors (Lipinski definition) is 4. The molecule has 1 aliphatic heterocycles. The van der Waals surface area contributed by atoms with Gasteiger partial charge in [0.15, 0.2) is 0 Å². The van der Waals surface area contributed by atoms with Gasteiger partial charge >= 0.3 is 0 Å². The zero-order chi connectivity index (χ0) is 13.1. The summed E-state index contributed by atoms with van der Waals surface area (Å²) in [5, 5.41) is 7.49. The van der Waals surface area contributed by atoms with Gasteiger partial charge in [-0.1, -0.05) is 13.3 Å². The average molecular weight is 247 g/mol. The third-order valence-electron chi connectivity index (χ3n) is 3.50. The maximum Gasteiger partial charge on any atom is 0.226 e. The van der Waals surface area contributed by atoms with E-state index in [4.69, 9.17) is 11.1 Å². The lowest BCUT2D eigenvalue weighted by Crippen LogP contribution is -2.36. The van der Waals surface area contributed by atoms with Gasteiger partial charge < -0.3 is 10.6 Å². The SMILES string of the molecule is CCC1CCCN(c2nc(C)cc(C(=N)N)n2)C1. The molecule has 1 unspecified atom stereocenters. The molecule has 0 amide bonds. The van der Waals surface area contributed by atoms with Crippen molar-refractivity contribution in [3.05, 3.63) is 17.5 Å². The number of aromatic nitrogens is 2. The Balaban J connectivity index is 2.24. The Hall–Kier alpha value is -1.65. The first-order chi connectivity index (χ1) is 8.60. The first-order valence-corrected chi connectivity index (χ1v) is 6.55. The molecule has 1 aliphatic rings. The van der Waals surface area contributed by atoms with Crippen LogP contribution in [0.25, 0.3) is 0 Å². The highest BCUT2D eigenvalue weighted by molar-refractivity contribution is 5.93. The Morgan fingerprint density at radius 2 is 2.33 bits per heavy atom. The van der Waals surface area contributed by atoms with Crippen molar-refractivity contribution < 1.29 is 0 Å². The number of hydrogen-bond donors (Lipinski definition) is 2. The molecule has 5 nitrogen and oxygen atoms in total. The van der Waals surface area contributed by atoms with E-state index in [1.807, 2.05) is 6.92 Å². The van der Waals surface area contributed by atoms with Gasteiger partial charge in [-0.2, -0.15) is 0 Å². The minimum atomic E-state index is 0.00537. The van der Waals surface area contributed by atoms with Gasteiger partial charge in [0.1, 0.15) is 11.5 Å². The Morgan fingerprint density at radius 1 is 1.56 bits per heavy atom. The van der Waals surface area contributed by atoms with Gasteiger partial charge in [-0.25, -0.2) is 9.97 Å². The molecule has 1 atom stereocenters. The van der Waals surface area contributed by atoms with Crippen LogP contribution < -0.4 is 10.6 Å². The van der Waals surface area contributed by atoms with E-state index in [-0.39, 0.29) is 5.84 Å². The van der Waals surface area contributed by atoms with E-state index in [0.717, 1.165) is 30.6 Å². The number of rotatable bonds is 3. The summed E-state index contributed by atoms with van der Waals surface area (Å²) in [6, 6.07) is 1.76. The highest BCUT2D eigenvalue weighted by atomic mass is 15.3. The number of nitrogens with two attached hydrogens (primary N) is 1. The fourth-order valence-corrected chi connectivity index (χ4v) is 2.41. The lowest BCUT2D eigenvalue weighted by atomic mass is 9.96. The fraction of sp³-hybridized carbons (Fsp3) is 0.615. The zero-order valence-corrected chi connectivity index (χ0v) is 11.1. The molecule has 18 heavy (non-hydrogen) atoms. The van der Waals surface area contributed by atoms with Crippen LogP contribution in [0.2, 0.25) is 0 Å². The summed E-state index contributed by atoms with van der Waals surface area (Å²) in [4.78, 5) is 11.1. The van der Waals surface area contributed by atoms with Crippen LogP contribution in [0.5, 0.6) is 0 Å². The highest BCUT2D eigenvalue weighted by Gasteiger charge is 2.21. The first-order valence-electron chi connectivity index (χ1n) is 6.55. The van der Waals surface area contributed by atoms with Crippen LogP contribution in [0, 0.1) is 18.3 Å². The Bertz CT molecular complexity index is 443. The number of amidine groups is 1. The largest absolute Gasteiger partial charge is 0.382 e. The van der Waals surface area contributed by atoms with Crippen molar-refractivity contribution in [3.63, 3.8) is 0 Å². The fourth-order valence-electron chi connectivity index (χ4n) is 2.41. The smallest absolute Gasteiger partial charge is 0.226 e. The Morgan fingerprint density at radius 3 is 3.00 bits per heavy atom. The van der Waals surface area contributed by atoms with E-state index in [9.17, 15) is 0 Å². The molecule has 0 saturated carbocycles. The van der Waals surface area contributed by atoms with E-state index < -0.39 is 0 Å². The van der Waals surface area contributed by atoms with Gasteiger partial charge in [-0.15, -0.1) is 0 Å². The summed E-state index contributed by atoms with van der Waals surface area (Å²) in [5.74, 6) is 1.45. The minimum Gasteiger partial charge on any atom is -0.382 e. The lowest BCUT2D eigenvalue weighted by molar-refractivity contribution is 0.401. The maximum atomic E-state index is 7.49. The molecule has 0 aliphatic carbocycles. The molecule has 0 radical (unpaired) electrons. The quantitative estimate of drug-likeness (QED) is 0.629. The van der Waals surface area contributed by atoms with E-state index >= 15 is 0 Å². The second-order valence-corrected chi connectivity index (χ2v) is 4.97. The molecular formula is C13H21N5. The molecule has 0 aromatic carbocycles. The average Bonchev–Trinajstić information content (AvgIpc) is 2.38. The third-order valence-corrected chi connectivity index (χ3v) is 3.50. The number of nitrogen functional groups attached to an aromatic ring is 1. The van der Waals surface area contributed by atoms with E-state index in [2.05, 4.69) is 21.8 Å². The van der Waals surface area contributed by atoms with Gasteiger partial charge in [-0.05, 0) is 31.7 Å². The van der Waals surface area contributed by atoms with Crippen molar-refractivity contribution >= 4 is 11.8 Å². The Kier molecular flexibility index (Phi) is 3.79. The van der Waals surface area contributed by atoms with E-state index in [1.165, 1.54) is 19.3 Å². The highest BCUT2D eigenvalue weighted by Crippen LogP contribution is 2.22. The van der Waals surface area contributed by atoms with Gasteiger partial charge in [-0.3, -0.25) is 5.41 Å². The molecule has 2 heterocycles. The van der Waals surface area contributed by atoms with E-state index in [0.29, 0.717) is 5.69 Å². The second-order valence-electron chi connectivity index (χ2n) is 4.97. The molecule has 98 valence electrons. The van der Waals surface area contributed by atoms with Crippen molar-refractivity contribution in [2.45, 2.75) is 33.1 Å². The minimum absolute atomic E-state index is 0.00537. The summed E-state index contributed by atoms with van der Waals surface area (Å²) in [7, 11) is 0. The summed E-state index contributed by atoms with van der Waals surface area (Å²) >= 11 is 0. The summed E-state index contributed by atoms with van der Waals surface area (Å²) in [6.07, 6.45) is 3.67. The molecule has 0 spiro atoms. The summed E-state index contributed by atoms with van der Waals surface area (Å²) in [5.41, 5.74) is 6.90. The molecular weight excluding hydrogens is 226 g/mol. The molecule has 5 heteroatoms. The van der Waals surface area contributed by atoms with Crippen molar-refractivity contribution in [1.82, 2.24) is 9.97 Å². The topological polar surface area (TPSA) is 78.9 Å². The third kappa shape index (κ3) is 2.78. The summed E-state index contributed by atoms with van der Waals surface area (Å²) in [6.45, 7) is 6.15. The van der Waals surface area contributed by atoms with Crippen molar-refractivity contribution in [2.75, 3.05) is 18.0 Å². The standard InChI is InChI=1S/C13H21N5/c1-3-10-5-4-6-18(8-10)13-16-9(2)7-11(17-13)12(14)15/h7,10H,3-6,8H2,1-2H3,(H3,14,15). The number of nitrogens with zero attached hydrogens (tertiary/aromatic N) is 3. The molecule has 1 fully saturated rings. The molecule has 1 aromatic heterocycles. The number of nitrogens with one attached hydrogen (secondary N) is 1. The number of anilines is 1. The van der Waals surface area contributed by atoms with Crippen LogP contribution in [0.1, 0.15) is 37.6 Å².